The number of nitrogens with one attached hydrogen (secondary N) is 1. The van der Waals surface area contributed by atoms with E-state index >= 15 is 0 Å². The van der Waals surface area contributed by atoms with Crippen LogP contribution in [0.4, 0.5) is 0 Å². The van der Waals surface area contributed by atoms with Gasteiger partial charge in [0.15, 0.2) is 0 Å². The Morgan fingerprint density at radius 3 is 2.96 bits per heavy atom. The topological polar surface area (TPSA) is 59.0 Å². The second-order valence-electron chi connectivity index (χ2n) is 7.22. The Morgan fingerprint density at radius 1 is 1.33 bits per heavy atom. The molecule has 1 N–H and O–H groups in total. The molecule has 0 radical (unpaired) electrons. The molecule has 0 spiro atoms. The molecule has 0 aromatic carbocycles. The summed E-state index contributed by atoms with van der Waals surface area (Å²) in [6.07, 6.45) is 5.70. The normalized spacial score (nSPS) is 21.2. The number of aryl methyl sites for hydroxylation is 1. The van der Waals surface area contributed by atoms with E-state index in [1.807, 2.05) is 13.1 Å². The monoisotopic (exact) mass is 329 g/mol. The molecule has 2 aliphatic rings. The van der Waals surface area contributed by atoms with Gasteiger partial charge in [-0.1, -0.05) is 0 Å². The van der Waals surface area contributed by atoms with Crippen LogP contribution >= 0.6 is 0 Å². The molecule has 0 unspecified atom stereocenters. The van der Waals surface area contributed by atoms with Crippen molar-refractivity contribution >= 4 is 0 Å². The van der Waals surface area contributed by atoms with Gasteiger partial charge in [-0.3, -0.25) is 10.00 Å². The highest BCUT2D eigenvalue weighted by Gasteiger charge is 2.27. The highest BCUT2D eigenvalue weighted by Crippen LogP contribution is 2.29. The van der Waals surface area contributed by atoms with Gasteiger partial charge in [0.05, 0.1) is 18.3 Å². The second-order valence-corrected chi connectivity index (χ2v) is 7.22. The molecule has 3 heterocycles. The molecule has 0 saturated heterocycles. The van der Waals surface area contributed by atoms with Crippen LogP contribution in [0.2, 0.25) is 0 Å². The number of fused-ring (bicyclic) bond motifs is 1. The third-order valence-corrected chi connectivity index (χ3v) is 5.18. The molecule has 4 rings (SSSR count). The number of aromatic nitrogens is 4. The van der Waals surface area contributed by atoms with Crippen LogP contribution in [-0.2, 0) is 24.2 Å². The molecule has 6 nitrogen and oxygen atoms in total. The molecule has 0 bridgehead atoms. The van der Waals surface area contributed by atoms with Crippen LogP contribution in [0.1, 0.15) is 48.7 Å². The zero-order chi connectivity index (χ0) is 16.5. The largest absolute Gasteiger partial charge is 0.381 e. The average Bonchev–Trinajstić information content (AvgIpc) is 3.16. The predicted octanol–water partition coefficient (Wildman–Crippen LogP) is 2.46. The van der Waals surface area contributed by atoms with Gasteiger partial charge in [-0.15, -0.1) is 0 Å². The average molecular weight is 329 g/mol. The zero-order valence-corrected chi connectivity index (χ0v) is 14.7. The van der Waals surface area contributed by atoms with Crippen LogP contribution in [0.25, 0.3) is 0 Å². The minimum atomic E-state index is 0.317. The SMILES string of the molecule is Cc1cc(CN2CCn3c(CCOCC4CC4)cnc3[C@@H]2C)n[nH]1. The number of nitrogens with zero attached hydrogens (tertiary/aromatic N) is 4. The van der Waals surface area contributed by atoms with Gasteiger partial charge in [-0.25, -0.2) is 4.98 Å². The Kier molecular flexibility index (Phi) is 4.41. The van der Waals surface area contributed by atoms with E-state index in [-0.39, 0.29) is 0 Å². The van der Waals surface area contributed by atoms with Gasteiger partial charge >= 0.3 is 0 Å². The summed E-state index contributed by atoms with van der Waals surface area (Å²) in [5.41, 5.74) is 3.53. The van der Waals surface area contributed by atoms with E-state index in [1.54, 1.807) is 0 Å². The Labute approximate surface area is 143 Å². The van der Waals surface area contributed by atoms with Crippen molar-refractivity contribution in [3.8, 4) is 0 Å². The van der Waals surface area contributed by atoms with E-state index in [4.69, 9.17) is 9.72 Å². The molecular formula is C18H27N5O. The lowest BCUT2D eigenvalue weighted by molar-refractivity contribution is 0.124. The number of hydrogen-bond donors (Lipinski definition) is 1. The van der Waals surface area contributed by atoms with E-state index in [0.29, 0.717) is 6.04 Å². The maximum atomic E-state index is 5.79. The van der Waals surface area contributed by atoms with Crippen molar-refractivity contribution in [2.45, 2.75) is 52.2 Å². The van der Waals surface area contributed by atoms with Crippen LogP contribution in [0.5, 0.6) is 0 Å². The summed E-state index contributed by atoms with van der Waals surface area (Å²) in [4.78, 5) is 7.15. The number of aromatic amines is 1. The molecule has 1 aliphatic carbocycles. The molecule has 1 fully saturated rings. The van der Waals surface area contributed by atoms with Crippen molar-refractivity contribution in [2.75, 3.05) is 19.8 Å². The minimum absolute atomic E-state index is 0.317. The fourth-order valence-electron chi connectivity index (χ4n) is 3.49. The van der Waals surface area contributed by atoms with Crippen molar-refractivity contribution in [1.29, 1.82) is 0 Å². The van der Waals surface area contributed by atoms with E-state index < -0.39 is 0 Å². The van der Waals surface area contributed by atoms with E-state index in [9.17, 15) is 0 Å². The lowest BCUT2D eigenvalue weighted by Gasteiger charge is -2.33. The van der Waals surface area contributed by atoms with Gasteiger partial charge < -0.3 is 9.30 Å². The molecular weight excluding hydrogens is 302 g/mol. The van der Waals surface area contributed by atoms with Crippen molar-refractivity contribution < 1.29 is 4.74 Å². The molecule has 2 aromatic heterocycles. The molecule has 1 atom stereocenters. The first-order valence-electron chi connectivity index (χ1n) is 9.07. The third-order valence-electron chi connectivity index (χ3n) is 5.18. The Morgan fingerprint density at radius 2 is 2.21 bits per heavy atom. The van der Waals surface area contributed by atoms with Crippen molar-refractivity contribution in [3.63, 3.8) is 0 Å². The number of H-pyrrole nitrogens is 1. The predicted molar refractivity (Wildman–Crippen MR) is 91.6 cm³/mol. The lowest BCUT2D eigenvalue weighted by Crippen LogP contribution is -2.37. The molecule has 130 valence electrons. The number of imidazole rings is 1. The van der Waals surface area contributed by atoms with Gasteiger partial charge in [-0.05, 0) is 38.7 Å². The van der Waals surface area contributed by atoms with Gasteiger partial charge in [0.25, 0.3) is 0 Å². The van der Waals surface area contributed by atoms with Crippen LogP contribution in [0.3, 0.4) is 0 Å². The second kappa shape index (κ2) is 6.69. The molecule has 24 heavy (non-hydrogen) atoms. The van der Waals surface area contributed by atoms with Gasteiger partial charge in [0.1, 0.15) is 5.82 Å². The van der Waals surface area contributed by atoms with Crippen LogP contribution in [-0.4, -0.2) is 44.4 Å². The molecule has 2 aromatic rings. The quantitative estimate of drug-likeness (QED) is 0.793. The Bertz CT molecular complexity index is 687. The minimum Gasteiger partial charge on any atom is -0.381 e. The van der Waals surface area contributed by atoms with Crippen LogP contribution in [0.15, 0.2) is 12.3 Å². The Hall–Kier alpha value is -1.66. The zero-order valence-electron chi connectivity index (χ0n) is 14.7. The number of rotatable bonds is 7. The van der Waals surface area contributed by atoms with Crippen molar-refractivity contribution in [3.05, 3.63) is 35.2 Å². The first-order chi connectivity index (χ1) is 11.7. The maximum Gasteiger partial charge on any atom is 0.126 e. The molecule has 0 amide bonds. The smallest absolute Gasteiger partial charge is 0.126 e. The summed E-state index contributed by atoms with van der Waals surface area (Å²) in [5, 5.41) is 7.39. The third kappa shape index (κ3) is 3.39. The summed E-state index contributed by atoms with van der Waals surface area (Å²) in [6.45, 7) is 8.94. The first-order valence-corrected chi connectivity index (χ1v) is 9.07. The summed E-state index contributed by atoms with van der Waals surface area (Å²) >= 11 is 0. The van der Waals surface area contributed by atoms with Gasteiger partial charge in [-0.2, -0.15) is 5.10 Å². The summed E-state index contributed by atoms with van der Waals surface area (Å²) in [7, 11) is 0. The Balaban J connectivity index is 1.36. The van der Waals surface area contributed by atoms with Crippen LogP contribution in [0, 0.1) is 12.8 Å². The fraction of sp³-hybridized carbons (Fsp3) is 0.667. The van der Waals surface area contributed by atoms with Crippen molar-refractivity contribution in [2.24, 2.45) is 5.92 Å². The number of ether oxygens (including phenoxy) is 1. The van der Waals surface area contributed by atoms with E-state index in [0.717, 1.165) is 56.6 Å². The highest BCUT2D eigenvalue weighted by atomic mass is 16.5. The van der Waals surface area contributed by atoms with Crippen molar-refractivity contribution in [1.82, 2.24) is 24.6 Å². The fourth-order valence-corrected chi connectivity index (χ4v) is 3.49. The standard InChI is InChI=1S/C18H27N5O/c1-13-9-16(21-20-13)11-22-6-7-23-17(10-19-18(23)14(22)2)5-8-24-12-15-3-4-15/h9-10,14-15H,3-8,11-12H2,1-2H3,(H,20,21)/t14-/m0/s1. The first kappa shape index (κ1) is 15.8. The molecule has 1 aliphatic heterocycles. The van der Waals surface area contributed by atoms with Crippen LogP contribution < -0.4 is 0 Å². The molecule has 1 saturated carbocycles. The highest BCUT2D eigenvalue weighted by molar-refractivity contribution is 5.13. The summed E-state index contributed by atoms with van der Waals surface area (Å²) < 4.78 is 8.17. The lowest BCUT2D eigenvalue weighted by atomic mass is 10.2. The maximum absolute atomic E-state index is 5.79. The number of hydrogen-bond acceptors (Lipinski definition) is 4. The van der Waals surface area contributed by atoms with E-state index in [1.165, 1.54) is 24.4 Å². The summed E-state index contributed by atoms with van der Waals surface area (Å²) in [6, 6.07) is 2.44. The van der Waals surface area contributed by atoms with Gasteiger partial charge in [0.2, 0.25) is 0 Å². The molecule has 6 heteroatoms. The van der Waals surface area contributed by atoms with E-state index in [2.05, 4.69) is 32.7 Å². The summed E-state index contributed by atoms with van der Waals surface area (Å²) in [5.74, 6) is 2.01. The van der Waals surface area contributed by atoms with Gasteiger partial charge in [0, 0.05) is 50.2 Å².